The van der Waals surface area contributed by atoms with Crippen LogP contribution in [-0.2, 0) is 36.9 Å². The molecule has 2 heterocycles. The number of amides is 2. The van der Waals surface area contributed by atoms with Crippen LogP contribution in [0.1, 0.15) is 56.1 Å². The quantitative estimate of drug-likeness (QED) is 0.310. The van der Waals surface area contributed by atoms with Crippen molar-refractivity contribution in [2.75, 3.05) is 46.1 Å². The lowest BCUT2D eigenvalue weighted by atomic mass is 9.82. The van der Waals surface area contributed by atoms with Gasteiger partial charge in [0, 0.05) is 25.9 Å². The monoisotopic (exact) mass is 620 g/mol. The summed E-state index contributed by atoms with van der Waals surface area (Å²) in [5.41, 5.74) is 1.55. The van der Waals surface area contributed by atoms with Gasteiger partial charge in [-0.25, -0.2) is 4.79 Å². The van der Waals surface area contributed by atoms with E-state index in [0.29, 0.717) is 68.9 Å². The third kappa shape index (κ3) is 9.61. The number of nitrogens with one attached hydrogen (secondary N) is 1. The zero-order valence-electron chi connectivity index (χ0n) is 25.9. The molecule has 10 nitrogen and oxygen atoms in total. The van der Waals surface area contributed by atoms with Crippen molar-refractivity contribution in [3.63, 3.8) is 0 Å². The van der Waals surface area contributed by atoms with E-state index in [1.54, 1.807) is 23.1 Å². The Hall–Kier alpha value is -3.76. The topological polar surface area (TPSA) is 120 Å². The van der Waals surface area contributed by atoms with Gasteiger partial charge in [0.2, 0.25) is 11.6 Å². The predicted molar refractivity (Wildman–Crippen MR) is 166 cm³/mol. The first-order valence-corrected chi connectivity index (χ1v) is 16.2. The maximum atomic E-state index is 13.9. The van der Waals surface area contributed by atoms with Gasteiger partial charge in [0.1, 0.15) is 13.2 Å². The van der Waals surface area contributed by atoms with Crippen LogP contribution in [0.5, 0.6) is 11.5 Å². The molecule has 2 fully saturated rings. The molecule has 1 unspecified atom stereocenters. The van der Waals surface area contributed by atoms with Crippen molar-refractivity contribution < 1.29 is 38.1 Å². The largest absolute Gasteiger partial charge is 0.486 e. The molecule has 1 saturated heterocycles. The van der Waals surface area contributed by atoms with Crippen LogP contribution < -0.4 is 14.8 Å². The van der Waals surface area contributed by atoms with Gasteiger partial charge in [-0.2, -0.15) is 0 Å². The van der Waals surface area contributed by atoms with E-state index in [1.807, 2.05) is 30.3 Å². The van der Waals surface area contributed by atoms with E-state index < -0.39 is 23.5 Å². The Morgan fingerprint density at radius 2 is 1.60 bits per heavy atom. The fraction of sp³-hybridized carbons (Fsp3) is 0.543. The molecule has 0 bridgehead atoms. The number of hydrogen-bond acceptors (Lipinski definition) is 8. The molecule has 2 aliphatic heterocycles. The van der Waals surface area contributed by atoms with Crippen LogP contribution >= 0.6 is 0 Å². The van der Waals surface area contributed by atoms with Gasteiger partial charge in [-0.1, -0.05) is 68.5 Å². The van der Waals surface area contributed by atoms with Crippen molar-refractivity contribution in [2.45, 2.75) is 64.0 Å². The Morgan fingerprint density at radius 3 is 2.36 bits per heavy atom. The maximum Gasteiger partial charge on any atom is 0.318 e. The average molecular weight is 621 g/mol. The highest BCUT2D eigenvalue weighted by Gasteiger charge is 2.33. The van der Waals surface area contributed by atoms with Gasteiger partial charge < -0.3 is 29.2 Å². The zero-order chi connectivity index (χ0) is 31.4. The molecule has 2 aromatic rings. The molecule has 0 radical (unpaired) electrons. The summed E-state index contributed by atoms with van der Waals surface area (Å²) in [6.45, 7) is 2.85. The lowest BCUT2D eigenvalue weighted by molar-refractivity contribution is -0.141. The summed E-state index contributed by atoms with van der Waals surface area (Å²) in [4.78, 5) is 55.7. The molecule has 0 aromatic heterocycles. The van der Waals surface area contributed by atoms with E-state index in [2.05, 4.69) is 5.32 Å². The van der Waals surface area contributed by atoms with E-state index in [9.17, 15) is 19.2 Å². The van der Waals surface area contributed by atoms with Gasteiger partial charge in [-0.05, 0) is 35.6 Å². The molecule has 0 spiro atoms. The number of urea groups is 1. The number of carbonyl (C=O) groups excluding carboxylic acids is 4. The zero-order valence-corrected chi connectivity index (χ0v) is 25.9. The molecule has 2 amide bonds. The number of ketones is 3. The molecule has 2 atom stereocenters. The van der Waals surface area contributed by atoms with Crippen LogP contribution in [0.4, 0.5) is 4.79 Å². The Kier molecular flexibility index (Phi) is 12.0. The third-order valence-corrected chi connectivity index (χ3v) is 8.77. The minimum Gasteiger partial charge on any atom is -0.486 e. The van der Waals surface area contributed by atoms with Gasteiger partial charge in [-0.15, -0.1) is 0 Å². The van der Waals surface area contributed by atoms with E-state index in [4.69, 9.17) is 18.9 Å². The minimum absolute atomic E-state index is 0.0834. The van der Waals surface area contributed by atoms with Gasteiger partial charge in [-0.3, -0.25) is 14.4 Å². The van der Waals surface area contributed by atoms with Crippen molar-refractivity contribution in [3.8, 4) is 11.5 Å². The Bertz CT molecular complexity index is 1300. The van der Waals surface area contributed by atoms with Crippen LogP contribution in [-0.4, -0.2) is 80.4 Å². The standard InChI is InChI=1S/C35H44N2O8/c38-30(29(19-25-7-3-1-4-8-25)36-35(41)37-13-15-42-16-14-37)22-28(24-43-23-26-9-5-2-6-10-26)34(40)31(39)20-27-11-12-32-33(21-27)45-18-17-44-32/h2,5-6,9-12,21,25,28-29H,1,3-4,7-8,13-20,22-24H2,(H,36,41)/t28?,29-/m0/s1. The molecule has 242 valence electrons. The number of carbonyl (C=O) groups is 4. The predicted octanol–water partition coefficient (Wildman–Crippen LogP) is 4.31. The van der Waals surface area contributed by atoms with Crippen LogP contribution in [0.2, 0.25) is 0 Å². The highest BCUT2D eigenvalue weighted by molar-refractivity contribution is 6.38. The smallest absolute Gasteiger partial charge is 0.318 e. The second-order valence-corrected chi connectivity index (χ2v) is 12.2. The number of nitrogens with zero attached hydrogens (tertiary/aromatic N) is 1. The molecule has 1 aliphatic carbocycles. The number of benzene rings is 2. The fourth-order valence-electron chi connectivity index (χ4n) is 6.24. The van der Waals surface area contributed by atoms with Crippen molar-refractivity contribution in [1.29, 1.82) is 0 Å². The van der Waals surface area contributed by atoms with Gasteiger partial charge >= 0.3 is 6.03 Å². The van der Waals surface area contributed by atoms with Crippen molar-refractivity contribution in [1.82, 2.24) is 10.2 Å². The molecule has 1 N–H and O–H groups in total. The Morgan fingerprint density at radius 1 is 0.867 bits per heavy atom. The first kappa shape index (κ1) is 32.6. The van der Waals surface area contributed by atoms with E-state index in [-0.39, 0.29) is 37.9 Å². The summed E-state index contributed by atoms with van der Waals surface area (Å²) >= 11 is 0. The average Bonchev–Trinajstić information content (AvgIpc) is 3.08. The highest BCUT2D eigenvalue weighted by Crippen LogP contribution is 2.31. The van der Waals surface area contributed by atoms with Gasteiger partial charge in [0.15, 0.2) is 17.3 Å². The molecule has 2 aromatic carbocycles. The highest BCUT2D eigenvalue weighted by atomic mass is 16.6. The van der Waals surface area contributed by atoms with Crippen molar-refractivity contribution in [3.05, 3.63) is 59.7 Å². The molecule has 10 heteroatoms. The first-order chi connectivity index (χ1) is 22.0. The molecule has 45 heavy (non-hydrogen) atoms. The summed E-state index contributed by atoms with van der Waals surface area (Å²) in [6.07, 6.45) is 5.60. The molecular weight excluding hydrogens is 576 g/mol. The van der Waals surface area contributed by atoms with E-state index in [1.165, 1.54) is 6.42 Å². The molecule has 5 rings (SSSR count). The first-order valence-electron chi connectivity index (χ1n) is 16.2. The molecule has 3 aliphatic rings. The third-order valence-electron chi connectivity index (χ3n) is 8.77. The summed E-state index contributed by atoms with van der Waals surface area (Å²) in [6, 6.07) is 13.7. The minimum atomic E-state index is -0.972. The number of rotatable bonds is 14. The normalized spacial score (nSPS) is 18.1. The fourth-order valence-corrected chi connectivity index (χ4v) is 6.24. The van der Waals surface area contributed by atoms with E-state index >= 15 is 0 Å². The summed E-state index contributed by atoms with van der Waals surface area (Å²) in [5, 5.41) is 2.98. The number of hydrogen-bond donors (Lipinski definition) is 1. The summed E-state index contributed by atoms with van der Waals surface area (Å²) in [5.74, 6) is -1.02. The maximum absolute atomic E-state index is 13.9. The second-order valence-electron chi connectivity index (χ2n) is 12.2. The van der Waals surface area contributed by atoms with E-state index in [0.717, 1.165) is 31.2 Å². The van der Waals surface area contributed by atoms with Gasteiger partial charge in [0.25, 0.3) is 0 Å². The van der Waals surface area contributed by atoms with Crippen LogP contribution in [0.15, 0.2) is 48.5 Å². The van der Waals surface area contributed by atoms with Crippen LogP contribution in [0.25, 0.3) is 0 Å². The number of fused-ring (bicyclic) bond motifs is 1. The Balaban J connectivity index is 1.28. The number of ether oxygens (including phenoxy) is 4. The van der Waals surface area contributed by atoms with Crippen molar-refractivity contribution in [2.24, 2.45) is 11.8 Å². The lowest BCUT2D eigenvalue weighted by Gasteiger charge is -2.31. The summed E-state index contributed by atoms with van der Waals surface area (Å²) in [7, 11) is 0. The molecular formula is C35H44N2O8. The van der Waals surface area contributed by atoms with Crippen LogP contribution in [0, 0.1) is 11.8 Å². The number of morpholine rings is 1. The van der Waals surface area contributed by atoms with Crippen LogP contribution in [0.3, 0.4) is 0 Å². The Labute approximate surface area is 264 Å². The number of Topliss-reactive ketones (excluding diaryl/α,β-unsaturated/α-hetero) is 3. The molecule has 1 saturated carbocycles. The van der Waals surface area contributed by atoms with Crippen molar-refractivity contribution >= 4 is 23.4 Å². The van der Waals surface area contributed by atoms with Gasteiger partial charge in [0.05, 0.1) is 38.4 Å². The lowest BCUT2D eigenvalue weighted by Crippen LogP contribution is -2.52. The second kappa shape index (κ2) is 16.5. The SMILES string of the molecule is O=C(Cc1ccc2c(c1)OCCO2)C(=O)C(COCc1ccccc1)CC(=O)[C@H](CC1CCCCC1)NC(=O)N1CCOCC1. The summed E-state index contributed by atoms with van der Waals surface area (Å²) < 4.78 is 22.5.